The van der Waals surface area contributed by atoms with Gasteiger partial charge in [-0.15, -0.1) is 0 Å². The van der Waals surface area contributed by atoms with Gasteiger partial charge in [-0.1, -0.05) is 12.1 Å². The Balaban J connectivity index is 1.54. The molecule has 1 aliphatic rings. The maximum Gasteiger partial charge on any atom is 0.266 e. The van der Waals surface area contributed by atoms with E-state index >= 15 is 0 Å². The standard InChI is InChI=1S/C21H13IN2O3/c22-14-7-9-15(10-8-14)23-19(25)13-5-11-16(12-6-13)24-20(26)17-3-1-2-4-18(17)21(24)27/h1-12H,(H,23,25). The van der Waals surface area contributed by atoms with Crippen molar-refractivity contribution in [2.24, 2.45) is 0 Å². The van der Waals surface area contributed by atoms with E-state index in [0.29, 0.717) is 28.1 Å². The van der Waals surface area contributed by atoms with Gasteiger partial charge >= 0.3 is 0 Å². The van der Waals surface area contributed by atoms with Crippen molar-refractivity contribution >= 4 is 51.7 Å². The highest BCUT2D eigenvalue weighted by molar-refractivity contribution is 14.1. The van der Waals surface area contributed by atoms with Gasteiger partial charge in [-0.25, -0.2) is 4.90 Å². The average molecular weight is 468 g/mol. The number of carbonyl (C=O) groups is 3. The van der Waals surface area contributed by atoms with Gasteiger partial charge in [0.25, 0.3) is 17.7 Å². The minimum absolute atomic E-state index is 0.259. The van der Waals surface area contributed by atoms with Crippen LogP contribution in [0.1, 0.15) is 31.1 Å². The van der Waals surface area contributed by atoms with Crippen LogP contribution in [-0.2, 0) is 0 Å². The fraction of sp³-hybridized carbons (Fsp3) is 0. The van der Waals surface area contributed by atoms with Gasteiger partial charge in [0.05, 0.1) is 16.8 Å². The van der Waals surface area contributed by atoms with Gasteiger partial charge in [0, 0.05) is 14.8 Å². The van der Waals surface area contributed by atoms with Crippen molar-refractivity contribution in [2.75, 3.05) is 10.2 Å². The second kappa shape index (κ2) is 6.96. The summed E-state index contributed by atoms with van der Waals surface area (Å²) in [6.45, 7) is 0. The lowest BCUT2D eigenvalue weighted by atomic mass is 10.1. The van der Waals surface area contributed by atoms with E-state index in [-0.39, 0.29) is 17.7 Å². The summed E-state index contributed by atoms with van der Waals surface area (Å²) in [6.07, 6.45) is 0. The Morgan fingerprint density at radius 3 is 1.89 bits per heavy atom. The largest absolute Gasteiger partial charge is 0.322 e. The first kappa shape index (κ1) is 17.4. The van der Waals surface area contributed by atoms with Crippen LogP contribution in [0.2, 0.25) is 0 Å². The summed E-state index contributed by atoms with van der Waals surface area (Å²) in [7, 11) is 0. The molecule has 1 aliphatic heterocycles. The monoisotopic (exact) mass is 468 g/mol. The van der Waals surface area contributed by atoms with E-state index in [0.717, 1.165) is 8.47 Å². The van der Waals surface area contributed by atoms with Crippen molar-refractivity contribution in [3.05, 3.63) is 93.1 Å². The lowest BCUT2D eigenvalue weighted by molar-refractivity contribution is 0.0925. The van der Waals surface area contributed by atoms with Gasteiger partial charge in [-0.3, -0.25) is 14.4 Å². The lowest BCUT2D eigenvalue weighted by Gasteiger charge is -2.14. The number of carbonyl (C=O) groups excluding carboxylic acids is 3. The fourth-order valence-electron chi connectivity index (χ4n) is 2.92. The van der Waals surface area contributed by atoms with E-state index in [1.807, 2.05) is 24.3 Å². The third kappa shape index (κ3) is 3.23. The molecule has 0 saturated carbocycles. The molecule has 1 heterocycles. The van der Waals surface area contributed by atoms with E-state index < -0.39 is 0 Å². The van der Waals surface area contributed by atoms with Gasteiger partial charge in [-0.2, -0.15) is 0 Å². The van der Waals surface area contributed by atoms with Gasteiger partial charge in [0.15, 0.2) is 0 Å². The molecule has 0 spiro atoms. The normalized spacial score (nSPS) is 12.9. The number of fused-ring (bicyclic) bond motifs is 1. The molecule has 0 radical (unpaired) electrons. The average Bonchev–Trinajstić information content (AvgIpc) is 2.95. The number of anilines is 2. The number of benzene rings is 3. The van der Waals surface area contributed by atoms with Crippen LogP contribution < -0.4 is 10.2 Å². The van der Waals surface area contributed by atoms with Crippen molar-refractivity contribution in [1.82, 2.24) is 0 Å². The number of imide groups is 1. The first-order valence-electron chi connectivity index (χ1n) is 8.19. The van der Waals surface area contributed by atoms with Crippen LogP contribution in [0.5, 0.6) is 0 Å². The van der Waals surface area contributed by atoms with Crippen LogP contribution in [0.15, 0.2) is 72.8 Å². The highest BCUT2D eigenvalue weighted by Gasteiger charge is 2.36. The van der Waals surface area contributed by atoms with Crippen LogP contribution in [-0.4, -0.2) is 17.7 Å². The molecule has 0 bridgehead atoms. The molecule has 27 heavy (non-hydrogen) atoms. The van der Waals surface area contributed by atoms with Gasteiger partial charge < -0.3 is 5.32 Å². The third-order valence-corrected chi connectivity index (χ3v) is 5.00. The van der Waals surface area contributed by atoms with Crippen molar-refractivity contribution < 1.29 is 14.4 Å². The number of nitrogens with one attached hydrogen (secondary N) is 1. The summed E-state index contributed by atoms with van der Waals surface area (Å²) in [5.74, 6) is -0.969. The van der Waals surface area contributed by atoms with Gasteiger partial charge in [0.2, 0.25) is 0 Å². The summed E-state index contributed by atoms with van der Waals surface area (Å²) in [6, 6.07) is 20.6. The Labute approximate surface area is 169 Å². The highest BCUT2D eigenvalue weighted by Crippen LogP contribution is 2.28. The molecule has 0 fully saturated rings. The first-order valence-corrected chi connectivity index (χ1v) is 9.27. The van der Waals surface area contributed by atoms with Crippen molar-refractivity contribution in [1.29, 1.82) is 0 Å². The number of rotatable bonds is 3. The topological polar surface area (TPSA) is 66.5 Å². The molecule has 6 heteroatoms. The number of halogens is 1. The van der Waals surface area contributed by atoms with E-state index in [2.05, 4.69) is 27.9 Å². The smallest absolute Gasteiger partial charge is 0.266 e. The predicted molar refractivity (Wildman–Crippen MR) is 111 cm³/mol. The molecule has 0 aliphatic carbocycles. The molecule has 0 aromatic heterocycles. The fourth-order valence-corrected chi connectivity index (χ4v) is 3.28. The van der Waals surface area contributed by atoms with Crippen LogP contribution in [0, 0.1) is 3.57 Å². The third-order valence-electron chi connectivity index (χ3n) is 4.28. The van der Waals surface area contributed by atoms with Crippen molar-refractivity contribution in [2.45, 2.75) is 0 Å². The molecule has 3 aromatic carbocycles. The quantitative estimate of drug-likeness (QED) is 0.460. The number of nitrogens with zero attached hydrogens (tertiary/aromatic N) is 1. The number of hydrogen-bond donors (Lipinski definition) is 1. The highest BCUT2D eigenvalue weighted by atomic mass is 127. The number of hydrogen-bond acceptors (Lipinski definition) is 3. The van der Waals surface area contributed by atoms with E-state index in [9.17, 15) is 14.4 Å². The van der Waals surface area contributed by atoms with Gasteiger partial charge in [-0.05, 0) is 83.3 Å². The van der Waals surface area contributed by atoms with E-state index in [4.69, 9.17) is 0 Å². The zero-order valence-electron chi connectivity index (χ0n) is 14.0. The zero-order valence-corrected chi connectivity index (χ0v) is 16.1. The molecule has 0 atom stereocenters. The summed E-state index contributed by atoms with van der Waals surface area (Å²) >= 11 is 2.19. The van der Waals surface area contributed by atoms with E-state index in [1.54, 1.807) is 48.5 Å². The molecular weight excluding hydrogens is 455 g/mol. The minimum Gasteiger partial charge on any atom is -0.322 e. The summed E-state index contributed by atoms with van der Waals surface area (Å²) in [4.78, 5) is 38.5. The molecular formula is C21H13IN2O3. The molecule has 5 nitrogen and oxygen atoms in total. The summed E-state index contributed by atoms with van der Waals surface area (Å²) in [5.41, 5.74) is 2.36. The molecule has 132 valence electrons. The second-order valence-corrected chi connectivity index (χ2v) is 7.24. The maximum absolute atomic E-state index is 12.5. The Kier molecular flexibility index (Phi) is 4.49. The summed E-state index contributed by atoms with van der Waals surface area (Å²) in [5, 5.41) is 2.82. The molecule has 0 unspecified atom stereocenters. The van der Waals surface area contributed by atoms with Crippen LogP contribution in [0.25, 0.3) is 0 Å². The SMILES string of the molecule is O=C(Nc1ccc(I)cc1)c1ccc(N2C(=O)c3ccccc3C2=O)cc1. The van der Waals surface area contributed by atoms with Crippen LogP contribution in [0.4, 0.5) is 11.4 Å². The Bertz CT molecular complexity index is 1020. The Morgan fingerprint density at radius 1 is 0.778 bits per heavy atom. The van der Waals surface area contributed by atoms with Crippen LogP contribution in [0.3, 0.4) is 0 Å². The minimum atomic E-state index is -0.355. The van der Waals surface area contributed by atoms with Crippen molar-refractivity contribution in [3.63, 3.8) is 0 Å². The maximum atomic E-state index is 12.5. The van der Waals surface area contributed by atoms with Crippen molar-refractivity contribution in [3.8, 4) is 0 Å². The molecule has 1 N–H and O–H groups in total. The summed E-state index contributed by atoms with van der Waals surface area (Å²) < 4.78 is 1.08. The molecule has 0 saturated heterocycles. The zero-order chi connectivity index (χ0) is 19.0. The Hall–Kier alpha value is -3.00. The second-order valence-electron chi connectivity index (χ2n) is 6.00. The lowest BCUT2D eigenvalue weighted by Crippen LogP contribution is -2.29. The molecule has 3 aromatic rings. The molecule has 3 amide bonds. The molecule has 4 rings (SSSR count). The van der Waals surface area contributed by atoms with Crippen LogP contribution >= 0.6 is 22.6 Å². The van der Waals surface area contributed by atoms with E-state index in [1.165, 1.54) is 0 Å². The van der Waals surface area contributed by atoms with Gasteiger partial charge in [0.1, 0.15) is 0 Å². The first-order chi connectivity index (χ1) is 13.0. The number of amides is 3. The predicted octanol–water partition coefficient (Wildman–Crippen LogP) is 4.34. The Morgan fingerprint density at radius 2 is 1.33 bits per heavy atom.